The van der Waals surface area contributed by atoms with Crippen LogP contribution >= 0.6 is 0 Å². The third-order valence-corrected chi connectivity index (χ3v) is 9.44. The normalized spacial score (nSPS) is 11.3. The van der Waals surface area contributed by atoms with Crippen molar-refractivity contribution in [3.8, 4) is 55.9 Å². The van der Waals surface area contributed by atoms with Gasteiger partial charge in [-0.3, -0.25) is 0 Å². The molecule has 48 heavy (non-hydrogen) atoms. The second kappa shape index (κ2) is 11.8. The summed E-state index contributed by atoms with van der Waals surface area (Å²) in [6.07, 6.45) is 0. The van der Waals surface area contributed by atoms with Crippen LogP contribution in [0.15, 0.2) is 188 Å². The number of hydrogen-bond donors (Lipinski definition) is 0. The van der Waals surface area contributed by atoms with Gasteiger partial charge < -0.3 is 0 Å². The van der Waals surface area contributed by atoms with E-state index in [2.05, 4.69) is 176 Å². The van der Waals surface area contributed by atoms with Gasteiger partial charge in [-0.15, -0.1) is 0 Å². The Kier molecular flexibility index (Phi) is 6.87. The van der Waals surface area contributed by atoms with Crippen molar-refractivity contribution in [3.05, 3.63) is 188 Å². The Morgan fingerprint density at radius 3 is 1.15 bits per heavy atom. The second-order valence-corrected chi connectivity index (χ2v) is 12.4. The van der Waals surface area contributed by atoms with Gasteiger partial charge in [-0.25, -0.2) is 4.98 Å². The van der Waals surface area contributed by atoms with Crippen LogP contribution in [0.4, 0.5) is 0 Å². The molecule has 0 amide bonds. The third-order valence-electron chi connectivity index (χ3n) is 9.44. The lowest BCUT2D eigenvalue weighted by Gasteiger charge is -2.14. The lowest BCUT2D eigenvalue weighted by Crippen LogP contribution is -1.91. The van der Waals surface area contributed by atoms with Crippen molar-refractivity contribution >= 4 is 32.3 Å². The highest BCUT2D eigenvalue weighted by Crippen LogP contribution is 2.39. The molecule has 0 aliphatic rings. The summed E-state index contributed by atoms with van der Waals surface area (Å²) in [6.45, 7) is 0. The highest BCUT2D eigenvalue weighted by molar-refractivity contribution is 6.26. The SMILES string of the molecule is c1ccc(-c2ccc3c4ccccc4c4cc(-c5cccc(-c6cc(-c7ccccc7)nc(-c7ccccc7)c6)c5)ccc4c3c2)cc1. The highest BCUT2D eigenvalue weighted by Gasteiger charge is 2.13. The Hall–Kier alpha value is -6.31. The molecule has 1 heterocycles. The zero-order valence-electron chi connectivity index (χ0n) is 26.3. The fraction of sp³-hybridized carbons (Fsp3) is 0. The number of fused-ring (bicyclic) bond motifs is 6. The number of pyridine rings is 1. The lowest BCUT2D eigenvalue weighted by atomic mass is 9.90. The molecule has 0 spiro atoms. The molecule has 0 saturated heterocycles. The molecule has 1 heteroatoms. The van der Waals surface area contributed by atoms with Gasteiger partial charge in [0.15, 0.2) is 0 Å². The monoisotopic (exact) mass is 609 g/mol. The molecule has 1 nitrogen and oxygen atoms in total. The molecule has 0 unspecified atom stereocenters. The fourth-order valence-corrected chi connectivity index (χ4v) is 7.04. The van der Waals surface area contributed by atoms with E-state index in [0.29, 0.717) is 0 Å². The zero-order valence-corrected chi connectivity index (χ0v) is 26.3. The van der Waals surface area contributed by atoms with Gasteiger partial charge in [0.05, 0.1) is 11.4 Å². The van der Waals surface area contributed by atoms with Crippen molar-refractivity contribution in [2.24, 2.45) is 0 Å². The smallest absolute Gasteiger partial charge is 0.0715 e. The summed E-state index contributed by atoms with van der Waals surface area (Å²) < 4.78 is 0. The van der Waals surface area contributed by atoms with Crippen LogP contribution in [0.1, 0.15) is 0 Å². The van der Waals surface area contributed by atoms with Gasteiger partial charge >= 0.3 is 0 Å². The van der Waals surface area contributed by atoms with E-state index in [9.17, 15) is 0 Å². The third kappa shape index (κ3) is 5.03. The molecule has 0 atom stereocenters. The largest absolute Gasteiger partial charge is 0.248 e. The Balaban J connectivity index is 1.20. The highest BCUT2D eigenvalue weighted by atomic mass is 14.7. The maximum absolute atomic E-state index is 5.09. The predicted molar refractivity (Wildman–Crippen MR) is 204 cm³/mol. The number of nitrogens with zero attached hydrogens (tertiary/aromatic N) is 1. The maximum atomic E-state index is 5.09. The second-order valence-electron chi connectivity index (χ2n) is 12.4. The van der Waals surface area contributed by atoms with Crippen molar-refractivity contribution in [2.45, 2.75) is 0 Å². The molecule has 9 rings (SSSR count). The van der Waals surface area contributed by atoms with Crippen LogP contribution in [-0.2, 0) is 0 Å². The van der Waals surface area contributed by atoms with E-state index >= 15 is 0 Å². The molecule has 0 aliphatic heterocycles. The number of hydrogen-bond acceptors (Lipinski definition) is 1. The molecule has 0 saturated carbocycles. The van der Waals surface area contributed by atoms with Crippen molar-refractivity contribution in [1.29, 1.82) is 0 Å². The molecule has 224 valence electrons. The van der Waals surface area contributed by atoms with E-state index in [4.69, 9.17) is 4.98 Å². The quantitative estimate of drug-likeness (QED) is 0.177. The van der Waals surface area contributed by atoms with E-state index in [0.717, 1.165) is 28.1 Å². The Labute approximate surface area is 280 Å². The van der Waals surface area contributed by atoms with E-state index < -0.39 is 0 Å². The van der Waals surface area contributed by atoms with Gasteiger partial charge in [-0.2, -0.15) is 0 Å². The maximum Gasteiger partial charge on any atom is 0.0715 e. The number of rotatable bonds is 5. The van der Waals surface area contributed by atoms with Gasteiger partial charge in [0.1, 0.15) is 0 Å². The molecule has 0 radical (unpaired) electrons. The molecule has 0 aliphatic carbocycles. The van der Waals surface area contributed by atoms with Gasteiger partial charge in [0.25, 0.3) is 0 Å². The molecular weight excluding hydrogens is 579 g/mol. The first-order chi connectivity index (χ1) is 23.8. The molecule has 1 aromatic heterocycles. The molecular formula is C47H31N. The van der Waals surface area contributed by atoms with E-state index in [-0.39, 0.29) is 0 Å². The first-order valence-corrected chi connectivity index (χ1v) is 16.5. The van der Waals surface area contributed by atoms with Crippen molar-refractivity contribution in [1.82, 2.24) is 4.98 Å². The molecule has 0 fully saturated rings. The van der Waals surface area contributed by atoms with Crippen LogP contribution in [0.2, 0.25) is 0 Å². The average Bonchev–Trinajstić information content (AvgIpc) is 3.18. The van der Waals surface area contributed by atoms with Crippen LogP contribution in [0.3, 0.4) is 0 Å². The minimum absolute atomic E-state index is 0.969. The van der Waals surface area contributed by atoms with Crippen LogP contribution < -0.4 is 0 Å². The van der Waals surface area contributed by atoms with Crippen LogP contribution in [0.25, 0.3) is 88.2 Å². The van der Waals surface area contributed by atoms with Crippen molar-refractivity contribution in [2.75, 3.05) is 0 Å². The first-order valence-electron chi connectivity index (χ1n) is 16.5. The topological polar surface area (TPSA) is 12.9 Å². The minimum Gasteiger partial charge on any atom is -0.248 e. The summed E-state index contributed by atoms with van der Waals surface area (Å²) in [7, 11) is 0. The summed E-state index contributed by atoms with van der Waals surface area (Å²) >= 11 is 0. The minimum atomic E-state index is 0.969. The fourth-order valence-electron chi connectivity index (χ4n) is 7.04. The van der Waals surface area contributed by atoms with Gasteiger partial charge in [0, 0.05) is 11.1 Å². The van der Waals surface area contributed by atoms with Crippen LogP contribution in [0, 0.1) is 0 Å². The standard InChI is InChI=1S/C47H31N/c1-4-13-32(14-5-1)37-23-25-42-40-21-10-11-22-41(40)44-29-38(24-26-43(44)45(42)28-37)35-19-12-20-36(27-35)39-30-46(33-15-6-2-7-16-33)48-47(31-39)34-17-8-3-9-18-34/h1-31H. The van der Waals surface area contributed by atoms with Gasteiger partial charge in [0.2, 0.25) is 0 Å². The predicted octanol–water partition coefficient (Wildman–Crippen LogP) is 12.9. The summed E-state index contributed by atoms with van der Waals surface area (Å²) in [5.74, 6) is 0. The van der Waals surface area contributed by atoms with Crippen LogP contribution in [0.5, 0.6) is 0 Å². The van der Waals surface area contributed by atoms with Gasteiger partial charge in [-0.05, 0) is 96.0 Å². The van der Waals surface area contributed by atoms with Crippen LogP contribution in [-0.4, -0.2) is 4.98 Å². The van der Waals surface area contributed by atoms with E-state index in [1.165, 1.54) is 60.1 Å². The number of aromatic nitrogens is 1. The first kappa shape index (κ1) is 28.0. The Morgan fingerprint density at radius 2 is 0.583 bits per heavy atom. The van der Waals surface area contributed by atoms with Crippen molar-refractivity contribution < 1.29 is 0 Å². The Bertz CT molecular complexity index is 2530. The lowest BCUT2D eigenvalue weighted by molar-refractivity contribution is 1.32. The van der Waals surface area contributed by atoms with Gasteiger partial charge in [-0.1, -0.05) is 158 Å². The van der Waals surface area contributed by atoms with E-state index in [1.807, 2.05) is 12.1 Å². The summed E-state index contributed by atoms with van der Waals surface area (Å²) in [5, 5.41) is 7.67. The molecule has 0 bridgehead atoms. The average molecular weight is 610 g/mol. The summed E-state index contributed by atoms with van der Waals surface area (Å²) in [5.41, 5.74) is 11.3. The molecule has 0 N–H and O–H groups in total. The zero-order chi connectivity index (χ0) is 31.9. The van der Waals surface area contributed by atoms with Crippen molar-refractivity contribution in [3.63, 3.8) is 0 Å². The molecule has 9 aromatic rings. The summed E-state index contributed by atoms with van der Waals surface area (Å²) in [4.78, 5) is 5.09. The molecule has 8 aromatic carbocycles. The Morgan fingerprint density at radius 1 is 0.208 bits per heavy atom. The van der Waals surface area contributed by atoms with E-state index in [1.54, 1.807) is 0 Å². The summed E-state index contributed by atoms with van der Waals surface area (Å²) in [6, 6.07) is 67.6. The number of benzene rings is 8.